The zero-order chi connectivity index (χ0) is 19.5. The maximum Gasteiger partial charge on any atom is 0.341 e. The Balaban J connectivity index is 1.58. The Bertz CT molecular complexity index is 957. The van der Waals surface area contributed by atoms with Crippen molar-refractivity contribution in [2.45, 2.75) is 19.4 Å². The van der Waals surface area contributed by atoms with Crippen LogP contribution in [-0.2, 0) is 33.7 Å². The normalized spacial score (nSPS) is 17.5. The van der Waals surface area contributed by atoms with Crippen molar-refractivity contribution in [1.29, 1.82) is 0 Å². The van der Waals surface area contributed by atoms with E-state index >= 15 is 0 Å². The van der Waals surface area contributed by atoms with Crippen molar-refractivity contribution in [2.75, 3.05) is 19.7 Å². The van der Waals surface area contributed by atoms with E-state index < -0.39 is 11.8 Å². The van der Waals surface area contributed by atoms with E-state index in [-0.39, 0.29) is 30.5 Å². The Morgan fingerprint density at radius 3 is 2.57 bits per heavy atom. The minimum Gasteiger partial charge on any atom is -0.460 e. The van der Waals surface area contributed by atoms with E-state index in [4.69, 9.17) is 9.47 Å². The molecule has 0 saturated heterocycles. The molecule has 0 saturated carbocycles. The van der Waals surface area contributed by atoms with E-state index in [0.717, 1.165) is 11.1 Å². The topological polar surface area (TPSA) is 68.2 Å². The number of carbonyl (C=O) groups is 2. The van der Waals surface area contributed by atoms with Gasteiger partial charge in [0.1, 0.15) is 19.0 Å². The van der Waals surface area contributed by atoms with E-state index in [1.165, 1.54) is 6.07 Å². The first-order chi connectivity index (χ1) is 13.6. The SMILES string of the molecule is O=C1Cc2ccccc2COC(N2CCOC(=O)c3c(F)cccc3CC2)=N1. The highest BCUT2D eigenvalue weighted by molar-refractivity contribution is 5.93. The fourth-order valence-electron chi connectivity index (χ4n) is 3.40. The predicted molar refractivity (Wildman–Crippen MR) is 99.3 cm³/mol. The lowest BCUT2D eigenvalue weighted by Gasteiger charge is -2.26. The number of cyclic esters (lactones) is 1. The van der Waals surface area contributed by atoms with Crippen LogP contribution in [0.15, 0.2) is 47.5 Å². The van der Waals surface area contributed by atoms with Crippen molar-refractivity contribution in [2.24, 2.45) is 4.99 Å². The third-order valence-electron chi connectivity index (χ3n) is 4.86. The molecule has 28 heavy (non-hydrogen) atoms. The Labute approximate surface area is 161 Å². The summed E-state index contributed by atoms with van der Waals surface area (Å²) in [5.41, 5.74) is 2.36. The second kappa shape index (κ2) is 7.80. The lowest BCUT2D eigenvalue weighted by Crippen LogP contribution is -2.38. The van der Waals surface area contributed by atoms with Crippen LogP contribution in [0.2, 0.25) is 0 Å². The fourth-order valence-corrected chi connectivity index (χ4v) is 3.40. The van der Waals surface area contributed by atoms with Gasteiger partial charge in [0.15, 0.2) is 0 Å². The maximum absolute atomic E-state index is 14.1. The molecule has 6 nitrogen and oxygen atoms in total. The molecule has 0 aromatic heterocycles. The van der Waals surface area contributed by atoms with Gasteiger partial charge >= 0.3 is 5.97 Å². The molecule has 0 radical (unpaired) electrons. The summed E-state index contributed by atoms with van der Waals surface area (Å²) < 4.78 is 25.2. The number of rotatable bonds is 0. The number of hydrogen-bond acceptors (Lipinski definition) is 5. The summed E-state index contributed by atoms with van der Waals surface area (Å²) in [5.74, 6) is -1.58. The van der Waals surface area contributed by atoms with E-state index in [0.29, 0.717) is 31.7 Å². The Morgan fingerprint density at radius 2 is 1.71 bits per heavy atom. The molecule has 2 heterocycles. The number of ether oxygens (including phenoxy) is 2. The third kappa shape index (κ3) is 3.74. The van der Waals surface area contributed by atoms with Crippen LogP contribution < -0.4 is 0 Å². The quantitative estimate of drug-likeness (QED) is 0.655. The minimum absolute atomic E-state index is 0.0325. The van der Waals surface area contributed by atoms with Gasteiger partial charge in [-0.05, 0) is 29.2 Å². The van der Waals surface area contributed by atoms with Crippen LogP contribution in [0.25, 0.3) is 0 Å². The number of fused-ring (bicyclic) bond motifs is 2. The number of esters is 1. The molecule has 0 spiro atoms. The molecule has 0 N–H and O–H groups in total. The van der Waals surface area contributed by atoms with E-state index in [2.05, 4.69) is 4.99 Å². The number of nitrogens with zero attached hydrogens (tertiary/aromatic N) is 2. The van der Waals surface area contributed by atoms with Gasteiger partial charge in [-0.1, -0.05) is 36.4 Å². The Morgan fingerprint density at radius 1 is 0.929 bits per heavy atom. The van der Waals surface area contributed by atoms with Crippen LogP contribution in [0.5, 0.6) is 0 Å². The van der Waals surface area contributed by atoms with Gasteiger partial charge in [-0.3, -0.25) is 4.79 Å². The molecule has 2 aromatic rings. The molecule has 0 fully saturated rings. The summed E-state index contributed by atoms with van der Waals surface area (Å²) in [5, 5.41) is 0. The minimum atomic E-state index is -0.680. The molecule has 0 aliphatic carbocycles. The standard InChI is InChI=1S/C21H19FN2O4/c22-17-7-3-6-14-8-9-24(10-11-27-20(26)19(14)17)21-23-18(25)12-15-4-1-2-5-16(15)13-28-21/h1-7H,8-13H2. The van der Waals surface area contributed by atoms with Gasteiger partial charge in [-0.15, -0.1) is 0 Å². The predicted octanol–water partition coefficient (Wildman–Crippen LogP) is 2.50. The summed E-state index contributed by atoms with van der Waals surface area (Å²) in [6, 6.07) is 12.3. The van der Waals surface area contributed by atoms with Gasteiger partial charge in [0, 0.05) is 6.54 Å². The lowest BCUT2D eigenvalue weighted by molar-refractivity contribution is -0.117. The van der Waals surface area contributed by atoms with Crippen LogP contribution in [0.4, 0.5) is 4.39 Å². The zero-order valence-corrected chi connectivity index (χ0v) is 15.2. The number of benzene rings is 2. The second-order valence-corrected chi connectivity index (χ2v) is 6.67. The first-order valence-corrected chi connectivity index (χ1v) is 9.12. The summed E-state index contributed by atoms with van der Waals surface area (Å²) in [6.45, 7) is 1.06. The van der Waals surface area contributed by atoms with Gasteiger partial charge in [-0.2, -0.15) is 4.99 Å². The highest BCUT2D eigenvalue weighted by Crippen LogP contribution is 2.19. The van der Waals surface area contributed by atoms with Crippen LogP contribution in [0.3, 0.4) is 0 Å². The number of aliphatic imine (C=N–C) groups is 1. The zero-order valence-electron chi connectivity index (χ0n) is 15.2. The van der Waals surface area contributed by atoms with Crippen LogP contribution in [0.1, 0.15) is 27.0 Å². The largest absolute Gasteiger partial charge is 0.460 e. The highest BCUT2D eigenvalue weighted by Gasteiger charge is 2.24. The van der Waals surface area contributed by atoms with E-state index in [9.17, 15) is 14.0 Å². The average Bonchev–Trinajstić information content (AvgIpc) is 2.74. The van der Waals surface area contributed by atoms with Crippen molar-refractivity contribution in [3.05, 3.63) is 70.5 Å². The molecule has 2 aliphatic heterocycles. The summed E-state index contributed by atoms with van der Waals surface area (Å²) in [4.78, 5) is 30.4. The van der Waals surface area contributed by atoms with Crippen molar-refractivity contribution >= 4 is 17.9 Å². The number of halogens is 1. The van der Waals surface area contributed by atoms with Gasteiger partial charge in [0.2, 0.25) is 0 Å². The van der Waals surface area contributed by atoms with Gasteiger partial charge < -0.3 is 14.4 Å². The summed E-state index contributed by atoms with van der Waals surface area (Å²) in [7, 11) is 0. The lowest BCUT2D eigenvalue weighted by atomic mass is 10.0. The molecule has 144 valence electrons. The van der Waals surface area contributed by atoms with Crippen LogP contribution >= 0.6 is 0 Å². The van der Waals surface area contributed by atoms with Crippen molar-refractivity contribution in [1.82, 2.24) is 4.90 Å². The number of amidine groups is 1. The van der Waals surface area contributed by atoms with Crippen LogP contribution in [0, 0.1) is 5.82 Å². The van der Waals surface area contributed by atoms with E-state index in [1.54, 1.807) is 17.0 Å². The molecular formula is C21H19FN2O4. The van der Waals surface area contributed by atoms with Crippen molar-refractivity contribution in [3.8, 4) is 0 Å². The molecule has 4 rings (SSSR count). The number of hydrogen-bond donors (Lipinski definition) is 0. The summed E-state index contributed by atoms with van der Waals surface area (Å²) >= 11 is 0. The monoisotopic (exact) mass is 382 g/mol. The smallest absolute Gasteiger partial charge is 0.341 e. The molecule has 1 amide bonds. The molecule has 0 bridgehead atoms. The summed E-state index contributed by atoms with van der Waals surface area (Å²) in [6.07, 6.45) is 0.606. The Hall–Kier alpha value is -3.22. The first-order valence-electron chi connectivity index (χ1n) is 9.12. The number of carbonyl (C=O) groups excluding carboxylic acids is 2. The molecule has 0 atom stereocenters. The van der Waals surface area contributed by atoms with E-state index in [1.807, 2.05) is 24.3 Å². The fraction of sp³-hybridized carbons (Fsp3) is 0.286. The molecule has 2 aliphatic rings. The van der Waals surface area contributed by atoms with Crippen molar-refractivity contribution in [3.63, 3.8) is 0 Å². The first kappa shape index (κ1) is 18.2. The number of amides is 1. The second-order valence-electron chi connectivity index (χ2n) is 6.67. The molecule has 0 unspecified atom stereocenters. The van der Waals surface area contributed by atoms with Crippen LogP contribution in [-0.4, -0.2) is 42.5 Å². The average molecular weight is 382 g/mol. The van der Waals surface area contributed by atoms with Crippen molar-refractivity contribution < 1.29 is 23.5 Å². The molecule has 7 heteroatoms. The highest BCUT2D eigenvalue weighted by atomic mass is 19.1. The van der Waals surface area contributed by atoms with Gasteiger partial charge in [-0.25, -0.2) is 9.18 Å². The third-order valence-corrected chi connectivity index (χ3v) is 4.86. The van der Waals surface area contributed by atoms with Gasteiger partial charge in [0.25, 0.3) is 11.9 Å². The van der Waals surface area contributed by atoms with Gasteiger partial charge in [0.05, 0.1) is 18.5 Å². The molecular weight excluding hydrogens is 363 g/mol. The molecule has 2 aromatic carbocycles. The Kier molecular flexibility index (Phi) is 5.06. The maximum atomic E-state index is 14.1.